The Bertz CT molecular complexity index is 846. The van der Waals surface area contributed by atoms with Crippen molar-refractivity contribution in [2.75, 3.05) is 0 Å². The summed E-state index contributed by atoms with van der Waals surface area (Å²) in [6.07, 6.45) is 9.90. The first kappa shape index (κ1) is 12.4. The van der Waals surface area contributed by atoms with Crippen LogP contribution in [0.15, 0.2) is 36.1 Å². The summed E-state index contributed by atoms with van der Waals surface area (Å²) in [6.45, 7) is 0.983. The average Bonchev–Trinajstić information content (AvgIpc) is 2.87. The van der Waals surface area contributed by atoms with Crippen molar-refractivity contribution in [3.63, 3.8) is 0 Å². The van der Waals surface area contributed by atoms with E-state index in [1.54, 1.807) is 12.1 Å². The lowest BCUT2D eigenvalue weighted by Gasteiger charge is -2.15. The van der Waals surface area contributed by atoms with Gasteiger partial charge in [0.15, 0.2) is 0 Å². The molecule has 3 heteroatoms. The van der Waals surface area contributed by atoms with Crippen molar-refractivity contribution in [3.8, 4) is 6.07 Å². The predicted molar refractivity (Wildman–Crippen MR) is 81.1 cm³/mol. The number of aromatic nitrogens is 1. The number of hydrogen-bond donors (Lipinski definition) is 0. The molecule has 0 saturated heterocycles. The zero-order valence-electron chi connectivity index (χ0n) is 11.7. The number of hydrogen-bond acceptors (Lipinski definition) is 1. The molecule has 1 aliphatic heterocycles. The number of rotatable bonds is 1. The second-order valence-electron chi connectivity index (χ2n) is 5.78. The number of benzene rings is 1. The van der Waals surface area contributed by atoms with Crippen LogP contribution in [0.4, 0.5) is 4.39 Å². The third-order valence-corrected chi connectivity index (χ3v) is 4.42. The molecule has 0 unspecified atom stereocenters. The summed E-state index contributed by atoms with van der Waals surface area (Å²) in [5.74, 6) is -0.167. The summed E-state index contributed by atoms with van der Waals surface area (Å²) in [5.41, 5.74) is 5.18. The number of nitrogens with zero attached hydrogens (tertiary/aromatic N) is 2. The van der Waals surface area contributed by atoms with Crippen LogP contribution in [0.2, 0.25) is 0 Å². The lowest BCUT2D eigenvalue weighted by Crippen LogP contribution is -2.06. The maximum atomic E-state index is 13.9. The lowest BCUT2D eigenvalue weighted by molar-refractivity contribution is 0.611. The van der Waals surface area contributed by atoms with Gasteiger partial charge in [0.05, 0.1) is 11.6 Å². The van der Waals surface area contributed by atoms with Crippen LogP contribution in [0.1, 0.15) is 30.4 Å². The van der Waals surface area contributed by atoms with Gasteiger partial charge in [0.25, 0.3) is 0 Å². The van der Waals surface area contributed by atoms with Gasteiger partial charge in [-0.25, -0.2) is 4.39 Å². The first-order chi connectivity index (χ1) is 10.3. The fourth-order valence-corrected chi connectivity index (χ4v) is 3.50. The van der Waals surface area contributed by atoms with E-state index in [0.29, 0.717) is 0 Å². The molecule has 0 N–H and O–H groups in total. The molecule has 21 heavy (non-hydrogen) atoms. The SMILES string of the molecule is N#CC1=CC(c2cn3c4c(cc(F)cc24)CCC3)=CCC1. The summed E-state index contributed by atoms with van der Waals surface area (Å²) in [5, 5.41) is 10.1. The van der Waals surface area contributed by atoms with Crippen molar-refractivity contribution in [1.82, 2.24) is 4.57 Å². The standard InChI is InChI=1S/C18H15FN2/c19-15-8-14-5-2-6-21-11-17(16(9-15)18(14)21)13-4-1-3-12(7-13)10-20/h4,7-9,11H,1-3,5-6H2. The van der Waals surface area contributed by atoms with Crippen LogP contribution in [-0.2, 0) is 13.0 Å². The van der Waals surface area contributed by atoms with Crippen molar-refractivity contribution in [2.24, 2.45) is 0 Å². The molecule has 0 bridgehead atoms. The minimum absolute atomic E-state index is 0.167. The van der Waals surface area contributed by atoms with E-state index in [1.165, 1.54) is 0 Å². The Balaban J connectivity index is 1.97. The number of halogens is 1. The van der Waals surface area contributed by atoms with E-state index < -0.39 is 0 Å². The van der Waals surface area contributed by atoms with Gasteiger partial charge in [0.2, 0.25) is 0 Å². The van der Waals surface area contributed by atoms with Gasteiger partial charge < -0.3 is 4.57 Å². The highest BCUT2D eigenvalue weighted by molar-refractivity contribution is 5.97. The van der Waals surface area contributed by atoms with Crippen LogP contribution < -0.4 is 0 Å². The van der Waals surface area contributed by atoms with E-state index in [0.717, 1.165) is 65.4 Å². The van der Waals surface area contributed by atoms with E-state index >= 15 is 0 Å². The summed E-state index contributed by atoms with van der Waals surface area (Å²) >= 11 is 0. The first-order valence-electron chi connectivity index (χ1n) is 7.39. The minimum Gasteiger partial charge on any atom is -0.347 e. The fraction of sp³-hybridized carbons (Fsp3) is 0.278. The Morgan fingerprint density at radius 1 is 1.24 bits per heavy atom. The van der Waals surface area contributed by atoms with Crippen molar-refractivity contribution in [1.29, 1.82) is 5.26 Å². The van der Waals surface area contributed by atoms with Gasteiger partial charge in [-0.2, -0.15) is 5.26 Å². The Morgan fingerprint density at radius 3 is 3.00 bits per heavy atom. The topological polar surface area (TPSA) is 28.7 Å². The predicted octanol–water partition coefficient (Wildman–Crippen LogP) is 4.35. The number of allylic oxidation sites excluding steroid dienone is 4. The average molecular weight is 278 g/mol. The molecule has 0 atom stereocenters. The van der Waals surface area contributed by atoms with E-state index in [-0.39, 0.29) is 5.82 Å². The monoisotopic (exact) mass is 278 g/mol. The van der Waals surface area contributed by atoms with Crippen molar-refractivity contribution in [2.45, 2.75) is 32.2 Å². The Labute approximate surface area is 122 Å². The summed E-state index contributed by atoms with van der Waals surface area (Å²) in [4.78, 5) is 0. The van der Waals surface area contributed by atoms with Crippen LogP contribution >= 0.6 is 0 Å². The quantitative estimate of drug-likeness (QED) is 0.762. The molecule has 1 aromatic heterocycles. The van der Waals surface area contributed by atoms with Gasteiger partial charge in [0.1, 0.15) is 5.82 Å². The summed E-state index contributed by atoms with van der Waals surface area (Å²) < 4.78 is 16.1. The van der Waals surface area contributed by atoms with Crippen molar-refractivity contribution < 1.29 is 4.39 Å². The molecule has 1 aliphatic carbocycles. The Hall–Kier alpha value is -2.34. The van der Waals surface area contributed by atoms with Crippen LogP contribution in [-0.4, -0.2) is 4.57 Å². The van der Waals surface area contributed by atoms with E-state index in [4.69, 9.17) is 5.26 Å². The maximum absolute atomic E-state index is 13.9. The maximum Gasteiger partial charge on any atom is 0.124 e. The summed E-state index contributed by atoms with van der Waals surface area (Å²) in [6, 6.07) is 5.54. The van der Waals surface area contributed by atoms with Gasteiger partial charge in [-0.3, -0.25) is 0 Å². The third-order valence-electron chi connectivity index (χ3n) is 4.42. The molecule has 1 aromatic carbocycles. The third kappa shape index (κ3) is 1.91. The van der Waals surface area contributed by atoms with Crippen molar-refractivity contribution in [3.05, 3.63) is 53.0 Å². The molecule has 0 saturated carbocycles. The number of nitriles is 1. The first-order valence-corrected chi connectivity index (χ1v) is 7.39. The molecule has 2 heterocycles. The zero-order valence-corrected chi connectivity index (χ0v) is 11.7. The Kier molecular flexibility index (Phi) is 2.71. The van der Waals surface area contributed by atoms with Crippen LogP contribution in [0.25, 0.3) is 16.5 Å². The number of aryl methyl sites for hydroxylation is 2. The molecule has 0 spiro atoms. The Morgan fingerprint density at radius 2 is 2.14 bits per heavy atom. The molecule has 104 valence electrons. The van der Waals surface area contributed by atoms with Gasteiger partial charge in [-0.15, -0.1) is 0 Å². The molecule has 0 fully saturated rings. The lowest BCUT2D eigenvalue weighted by atomic mass is 9.94. The highest BCUT2D eigenvalue weighted by atomic mass is 19.1. The molecular weight excluding hydrogens is 263 g/mol. The smallest absolute Gasteiger partial charge is 0.124 e. The second-order valence-corrected chi connectivity index (χ2v) is 5.78. The van der Waals surface area contributed by atoms with Gasteiger partial charge >= 0.3 is 0 Å². The van der Waals surface area contributed by atoms with Crippen LogP contribution in [0, 0.1) is 17.1 Å². The largest absolute Gasteiger partial charge is 0.347 e. The normalized spacial score (nSPS) is 17.3. The highest BCUT2D eigenvalue weighted by Crippen LogP contribution is 2.36. The van der Waals surface area contributed by atoms with E-state index in [9.17, 15) is 4.39 Å². The molecule has 4 rings (SSSR count). The second kappa shape index (κ2) is 4.60. The van der Waals surface area contributed by atoms with Gasteiger partial charge in [-0.05, 0) is 55.0 Å². The van der Waals surface area contributed by atoms with Crippen molar-refractivity contribution >= 4 is 16.5 Å². The van der Waals surface area contributed by atoms with Crippen LogP contribution in [0.5, 0.6) is 0 Å². The van der Waals surface area contributed by atoms with E-state index in [1.807, 2.05) is 6.08 Å². The van der Waals surface area contributed by atoms with Gasteiger partial charge in [0, 0.05) is 29.3 Å². The molecular formula is C18H15FN2. The van der Waals surface area contributed by atoms with Gasteiger partial charge in [-0.1, -0.05) is 6.08 Å². The zero-order chi connectivity index (χ0) is 14.4. The molecule has 2 aliphatic rings. The minimum atomic E-state index is -0.167. The highest BCUT2D eigenvalue weighted by Gasteiger charge is 2.19. The molecule has 2 nitrogen and oxygen atoms in total. The molecule has 0 amide bonds. The molecule has 2 aromatic rings. The van der Waals surface area contributed by atoms with Crippen LogP contribution in [0.3, 0.4) is 0 Å². The summed E-state index contributed by atoms with van der Waals surface area (Å²) in [7, 11) is 0. The fourth-order valence-electron chi connectivity index (χ4n) is 3.50. The van der Waals surface area contributed by atoms with E-state index in [2.05, 4.69) is 22.9 Å². The molecule has 0 radical (unpaired) electrons.